The van der Waals surface area contributed by atoms with Crippen LogP contribution in [0.4, 0.5) is 0 Å². The molecule has 4 nitrogen and oxygen atoms in total. The van der Waals surface area contributed by atoms with E-state index in [1.807, 2.05) is 30.3 Å². The van der Waals surface area contributed by atoms with Gasteiger partial charge < -0.3 is 9.84 Å². The number of benzene rings is 1. The third-order valence-corrected chi connectivity index (χ3v) is 2.73. The Morgan fingerprint density at radius 1 is 1.37 bits per heavy atom. The second kappa shape index (κ2) is 5.98. The van der Waals surface area contributed by atoms with Crippen molar-refractivity contribution in [3.63, 3.8) is 0 Å². The smallest absolute Gasteiger partial charge is 0.147 e. The SMILES string of the molecule is C[C@H](O)c1cccc(OCc2cccnc2C#N)c1. The average molecular weight is 254 g/mol. The summed E-state index contributed by atoms with van der Waals surface area (Å²) in [5.41, 5.74) is 1.91. The van der Waals surface area contributed by atoms with Crippen molar-refractivity contribution < 1.29 is 9.84 Å². The average Bonchev–Trinajstić information content (AvgIpc) is 2.45. The molecule has 1 atom stereocenters. The van der Waals surface area contributed by atoms with Crippen LogP contribution in [0, 0.1) is 11.3 Å². The molecule has 0 spiro atoms. The zero-order valence-electron chi connectivity index (χ0n) is 10.6. The van der Waals surface area contributed by atoms with Gasteiger partial charge in [-0.1, -0.05) is 18.2 Å². The molecule has 1 aromatic heterocycles. The van der Waals surface area contributed by atoms with Gasteiger partial charge in [0.05, 0.1) is 6.10 Å². The van der Waals surface area contributed by atoms with Crippen LogP contribution in [0.25, 0.3) is 0 Å². The quantitative estimate of drug-likeness (QED) is 0.910. The van der Waals surface area contributed by atoms with Crippen molar-refractivity contribution in [3.05, 3.63) is 59.4 Å². The highest BCUT2D eigenvalue weighted by molar-refractivity contribution is 5.32. The summed E-state index contributed by atoms with van der Waals surface area (Å²) in [5, 5.41) is 18.4. The van der Waals surface area contributed by atoms with Gasteiger partial charge in [-0.2, -0.15) is 5.26 Å². The first-order valence-corrected chi connectivity index (χ1v) is 5.95. The Morgan fingerprint density at radius 3 is 2.95 bits per heavy atom. The zero-order valence-corrected chi connectivity index (χ0v) is 10.6. The molecule has 2 aromatic rings. The molecule has 1 heterocycles. The summed E-state index contributed by atoms with van der Waals surface area (Å²) in [6.07, 6.45) is 1.05. The lowest BCUT2D eigenvalue weighted by Gasteiger charge is -2.10. The van der Waals surface area contributed by atoms with E-state index in [1.54, 1.807) is 25.3 Å². The van der Waals surface area contributed by atoms with E-state index >= 15 is 0 Å². The minimum absolute atomic E-state index is 0.278. The summed E-state index contributed by atoms with van der Waals surface area (Å²) in [4.78, 5) is 3.97. The monoisotopic (exact) mass is 254 g/mol. The highest BCUT2D eigenvalue weighted by atomic mass is 16.5. The number of hydrogen-bond acceptors (Lipinski definition) is 4. The summed E-state index contributed by atoms with van der Waals surface area (Å²) in [7, 11) is 0. The molecule has 0 aliphatic carbocycles. The summed E-state index contributed by atoms with van der Waals surface area (Å²) in [5.74, 6) is 0.658. The first kappa shape index (κ1) is 13.1. The second-order valence-electron chi connectivity index (χ2n) is 4.16. The van der Waals surface area contributed by atoms with E-state index in [2.05, 4.69) is 4.98 Å². The summed E-state index contributed by atoms with van der Waals surface area (Å²) < 4.78 is 5.62. The van der Waals surface area contributed by atoms with Crippen LogP contribution in [-0.4, -0.2) is 10.1 Å². The van der Waals surface area contributed by atoms with Gasteiger partial charge in [-0.3, -0.25) is 0 Å². The largest absolute Gasteiger partial charge is 0.489 e. The maximum Gasteiger partial charge on any atom is 0.147 e. The predicted molar refractivity (Wildman–Crippen MR) is 70.4 cm³/mol. The Hall–Kier alpha value is -2.38. The first-order chi connectivity index (χ1) is 9.20. The fourth-order valence-electron chi connectivity index (χ4n) is 1.68. The number of rotatable bonds is 4. The molecule has 0 radical (unpaired) electrons. The summed E-state index contributed by atoms with van der Waals surface area (Å²) in [6, 6.07) is 12.9. The summed E-state index contributed by atoms with van der Waals surface area (Å²) in [6.45, 7) is 1.98. The number of aliphatic hydroxyl groups is 1. The van der Waals surface area contributed by atoms with Crippen LogP contribution in [-0.2, 0) is 6.61 Å². The lowest BCUT2D eigenvalue weighted by molar-refractivity contribution is 0.198. The van der Waals surface area contributed by atoms with E-state index in [0.29, 0.717) is 11.4 Å². The maximum atomic E-state index is 9.51. The Bertz CT molecular complexity index is 603. The molecule has 0 aliphatic heterocycles. The molecule has 0 saturated heterocycles. The second-order valence-corrected chi connectivity index (χ2v) is 4.16. The van der Waals surface area contributed by atoms with Crippen molar-refractivity contribution >= 4 is 0 Å². The molecule has 1 aromatic carbocycles. The number of hydrogen-bond donors (Lipinski definition) is 1. The normalized spacial score (nSPS) is 11.6. The lowest BCUT2D eigenvalue weighted by Crippen LogP contribution is -2.00. The van der Waals surface area contributed by atoms with Crippen LogP contribution in [0.2, 0.25) is 0 Å². The molecule has 0 fully saturated rings. The predicted octanol–water partition coefficient (Wildman–Crippen LogP) is 2.59. The third kappa shape index (κ3) is 3.30. The van der Waals surface area contributed by atoms with Gasteiger partial charge in [0.1, 0.15) is 24.1 Å². The van der Waals surface area contributed by atoms with Crippen molar-refractivity contribution in [2.24, 2.45) is 0 Å². The molecular formula is C15H14N2O2. The van der Waals surface area contributed by atoms with Gasteiger partial charge in [-0.05, 0) is 30.7 Å². The third-order valence-electron chi connectivity index (χ3n) is 2.73. The van der Waals surface area contributed by atoms with Gasteiger partial charge in [0.2, 0.25) is 0 Å². The van der Waals surface area contributed by atoms with Crippen LogP contribution in [0.5, 0.6) is 5.75 Å². The Morgan fingerprint density at radius 2 is 2.21 bits per heavy atom. The fourth-order valence-corrected chi connectivity index (χ4v) is 1.68. The van der Waals surface area contributed by atoms with Crippen LogP contribution in [0.1, 0.15) is 29.8 Å². The Balaban J connectivity index is 2.11. The lowest BCUT2D eigenvalue weighted by atomic mass is 10.1. The number of pyridine rings is 1. The van der Waals surface area contributed by atoms with Crippen molar-refractivity contribution in [2.45, 2.75) is 19.6 Å². The fraction of sp³-hybridized carbons (Fsp3) is 0.200. The highest BCUT2D eigenvalue weighted by Crippen LogP contribution is 2.20. The number of aromatic nitrogens is 1. The van der Waals surface area contributed by atoms with E-state index in [0.717, 1.165) is 11.1 Å². The topological polar surface area (TPSA) is 66.1 Å². The van der Waals surface area contributed by atoms with E-state index in [9.17, 15) is 5.11 Å². The molecule has 0 saturated carbocycles. The molecular weight excluding hydrogens is 240 g/mol. The maximum absolute atomic E-state index is 9.51. The molecule has 0 bridgehead atoms. The van der Waals surface area contributed by atoms with Crippen molar-refractivity contribution in [2.75, 3.05) is 0 Å². The first-order valence-electron chi connectivity index (χ1n) is 5.95. The van der Waals surface area contributed by atoms with Crippen molar-refractivity contribution in [3.8, 4) is 11.8 Å². The van der Waals surface area contributed by atoms with Crippen molar-refractivity contribution in [1.82, 2.24) is 4.98 Å². The van der Waals surface area contributed by atoms with Crippen LogP contribution in [0.15, 0.2) is 42.6 Å². The van der Waals surface area contributed by atoms with Gasteiger partial charge in [0.25, 0.3) is 0 Å². The van der Waals surface area contributed by atoms with Crippen molar-refractivity contribution in [1.29, 1.82) is 5.26 Å². The standard InChI is InChI=1S/C15H14N2O2/c1-11(18)12-4-2-6-14(8-12)19-10-13-5-3-7-17-15(13)9-16/h2-8,11,18H,10H2,1H3/t11-/m0/s1. The van der Waals surface area contributed by atoms with Gasteiger partial charge in [-0.15, -0.1) is 0 Å². The molecule has 4 heteroatoms. The van der Waals surface area contributed by atoms with Gasteiger partial charge >= 0.3 is 0 Å². The molecule has 96 valence electrons. The molecule has 0 aliphatic rings. The van der Waals surface area contributed by atoms with Crippen LogP contribution >= 0.6 is 0 Å². The number of nitrogens with zero attached hydrogens (tertiary/aromatic N) is 2. The highest BCUT2D eigenvalue weighted by Gasteiger charge is 2.05. The van der Waals surface area contributed by atoms with Crippen LogP contribution in [0.3, 0.4) is 0 Å². The minimum Gasteiger partial charge on any atom is -0.489 e. The Labute approximate surface area is 111 Å². The minimum atomic E-state index is -0.531. The molecule has 0 unspecified atom stereocenters. The zero-order chi connectivity index (χ0) is 13.7. The summed E-state index contributed by atoms with van der Waals surface area (Å²) >= 11 is 0. The molecule has 2 rings (SSSR count). The Kier molecular flexibility index (Phi) is 4.11. The number of ether oxygens (including phenoxy) is 1. The number of nitriles is 1. The molecule has 0 amide bonds. The molecule has 19 heavy (non-hydrogen) atoms. The van der Waals surface area contributed by atoms with E-state index in [1.165, 1.54) is 0 Å². The van der Waals surface area contributed by atoms with E-state index < -0.39 is 6.10 Å². The molecule has 1 N–H and O–H groups in total. The number of aliphatic hydroxyl groups excluding tert-OH is 1. The van der Waals surface area contributed by atoms with E-state index in [-0.39, 0.29) is 6.61 Å². The van der Waals surface area contributed by atoms with Gasteiger partial charge in [0.15, 0.2) is 0 Å². The van der Waals surface area contributed by atoms with Gasteiger partial charge in [-0.25, -0.2) is 4.98 Å². The van der Waals surface area contributed by atoms with Crippen LogP contribution < -0.4 is 4.74 Å². The van der Waals surface area contributed by atoms with Gasteiger partial charge in [0, 0.05) is 11.8 Å². The van der Waals surface area contributed by atoms with E-state index in [4.69, 9.17) is 10.00 Å².